The zero-order chi connectivity index (χ0) is 30.4. The van der Waals surface area contributed by atoms with Crippen molar-refractivity contribution < 1.29 is 5.11 Å². The number of aromatic hydroxyl groups is 1. The van der Waals surface area contributed by atoms with Gasteiger partial charge in [-0.3, -0.25) is 4.90 Å². The maximum Gasteiger partial charge on any atom is 0.157 e. The van der Waals surface area contributed by atoms with Gasteiger partial charge < -0.3 is 5.11 Å². The van der Waals surface area contributed by atoms with Crippen LogP contribution in [0.4, 0.5) is 17.2 Å². The lowest BCUT2D eigenvalue weighted by Gasteiger charge is -2.41. The van der Waals surface area contributed by atoms with Gasteiger partial charge >= 0.3 is 0 Å². The maximum atomic E-state index is 11.2. The molecule has 1 aliphatic heterocycles. The van der Waals surface area contributed by atoms with Crippen LogP contribution in [0.25, 0.3) is 22.2 Å². The van der Waals surface area contributed by atoms with E-state index in [0.29, 0.717) is 17.0 Å². The van der Waals surface area contributed by atoms with E-state index in [1.54, 1.807) is 0 Å². The molecule has 0 saturated carbocycles. The minimum Gasteiger partial charge on any atom is -0.504 e. The van der Waals surface area contributed by atoms with Crippen molar-refractivity contribution in [1.29, 1.82) is 0 Å². The predicted octanol–water partition coefficient (Wildman–Crippen LogP) is 9.63. The lowest BCUT2D eigenvalue weighted by atomic mass is 9.73. The average Bonchev–Trinajstić information content (AvgIpc) is 3.05. The quantitative estimate of drug-likeness (QED) is 0.215. The Morgan fingerprint density at radius 2 is 1.50 bits per heavy atom. The van der Waals surface area contributed by atoms with Gasteiger partial charge in [-0.25, -0.2) is 9.97 Å². The third kappa shape index (κ3) is 4.68. The maximum absolute atomic E-state index is 11.2. The number of pyridine rings is 2. The van der Waals surface area contributed by atoms with E-state index in [1.807, 2.05) is 60.8 Å². The minimum atomic E-state index is -0.210. The number of hydrogen-bond donors (Lipinski definition) is 1. The lowest BCUT2D eigenvalue weighted by Crippen LogP contribution is -2.31. The van der Waals surface area contributed by atoms with E-state index in [2.05, 4.69) is 99.0 Å². The Kier molecular flexibility index (Phi) is 6.67. The molecule has 1 N–H and O–H groups in total. The van der Waals surface area contributed by atoms with Crippen molar-refractivity contribution in [2.75, 3.05) is 4.90 Å². The molecule has 0 atom stereocenters. The summed E-state index contributed by atoms with van der Waals surface area (Å²) >= 11 is 0. The molecule has 4 aromatic carbocycles. The number of para-hydroxylation sites is 1. The Hall–Kier alpha value is -5.40. The molecule has 0 radical (unpaired) electrons. The van der Waals surface area contributed by atoms with Gasteiger partial charge in [0.15, 0.2) is 5.75 Å². The first-order valence-corrected chi connectivity index (χ1v) is 15.0. The third-order valence-electron chi connectivity index (χ3n) is 8.64. The van der Waals surface area contributed by atoms with E-state index in [9.17, 15) is 5.11 Å². The molecule has 4 heteroatoms. The number of hydrogen-bond acceptors (Lipinski definition) is 4. The molecule has 0 aliphatic carbocycles. The fourth-order valence-electron chi connectivity index (χ4n) is 6.14. The molecule has 6 aromatic rings. The van der Waals surface area contributed by atoms with Gasteiger partial charge in [-0.05, 0) is 71.1 Å². The van der Waals surface area contributed by atoms with Gasteiger partial charge in [0.05, 0.1) is 22.6 Å². The fourth-order valence-corrected chi connectivity index (χ4v) is 6.14. The first-order chi connectivity index (χ1) is 21.3. The van der Waals surface area contributed by atoms with Gasteiger partial charge in [0, 0.05) is 28.1 Å². The van der Waals surface area contributed by atoms with Crippen molar-refractivity contribution >= 4 is 28.1 Å². The highest BCUT2D eigenvalue weighted by molar-refractivity contribution is 5.90. The highest BCUT2D eigenvalue weighted by atomic mass is 16.3. The van der Waals surface area contributed by atoms with E-state index in [0.717, 1.165) is 39.4 Å². The smallest absolute Gasteiger partial charge is 0.157 e. The van der Waals surface area contributed by atoms with Crippen LogP contribution >= 0.6 is 0 Å². The van der Waals surface area contributed by atoms with E-state index < -0.39 is 0 Å². The average molecular weight is 572 g/mol. The van der Waals surface area contributed by atoms with E-state index in [1.165, 1.54) is 16.7 Å². The molecule has 0 bridgehead atoms. The van der Waals surface area contributed by atoms with Crippen molar-refractivity contribution in [3.8, 4) is 28.8 Å². The highest BCUT2D eigenvalue weighted by Gasteiger charge is 2.37. The van der Waals surface area contributed by atoms with Gasteiger partial charge in [0.2, 0.25) is 0 Å². The summed E-state index contributed by atoms with van der Waals surface area (Å²) in [5.41, 5.74) is 9.44. The van der Waals surface area contributed by atoms with E-state index in [4.69, 9.17) is 9.97 Å². The Balaban J connectivity index is 1.37. The molecule has 0 spiro atoms. The molecule has 2 aromatic heterocycles. The molecular weight excluding hydrogens is 538 g/mol. The molecule has 214 valence electrons. The number of nitrogens with zero attached hydrogens (tertiary/aromatic N) is 3. The Morgan fingerprint density at radius 3 is 2.32 bits per heavy atom. The van der Waals surface area contributed by atoms with Crippen molar-refractivity contribution in [3.63, 3.8) is 0 Å². The molecular formula is C40H33N3O. The van der Waals surface area contributed by atoms with Crippen LogP contribution in [-0.4, -0.2) is 15.1 Å². The Labute approximate surface area is 258 Å². The molecule has 1 aliphatic rings. The second-order valence-electron chi connectivity index (χ2n) is 12.2. The van der Waals surface area contributed by atoms with E-state index in [-0.39, 0.29) is 11.2 Å². The predicted molar refractivity (Wildman–Crippen MR) is 180 cm³/mol. The molecule has 4 nitrogen and oxygen atoms in total. The summed E-state index contributed by atoms with van der Waals surface area (Å²) in [6.07, 6.45) is 1.91. The van der Waals surface area contributed by atoms with Crippen LogP contribution in [0.1, 0.15) is 61.4 Å². The standard InChI is InChI=1S/C40H33N3O/c1-26(2)30-22-23-41-37(25-30)43-35-13-9-8-12-32(35)40(3,4)33-20-18-31(24-36(33)43)34-21-19-28-16-17-29(39(44)38(28)42-34)15-14-27-10-6-5-7-11-27/h5-13,16-26,44H,1-4H3. The molecule has 0 unspecified atom stereocenters. The molecule has 0 saturated heterocycles. The summed E-state index contributed by atoms with van der Waals surface area (Å²) in [5, 5.41) is 12.1. The first kappa shape index (κ1) is 27.4. The van der Waals surface area contributed by atoms with Crippen molar-refractivity contribution in [2.45, 2.75) is 39.0 Å². The number of anilines is 3. The zero-order valence-corrected chi connectivity index (χ0v) is 25.3. The molecule has 7 rings (SSSR count). The molecule has 0 fully saturated rings. The fraction of sp³-hybridized carbons (Fsp3) is 0.150. The topological polar surface area (TPSA) is 49.2 Å². The SMILES string of the molecule is CC(C)c1ccnc(N2c3ccccc3C(C)(C)c3ccc(-c4ccc5ccc(C#Cc6ccccc6)c(O)c5n4)cc32)c1. The van der Waals surface area contributed by atoms with Crippen molar-refractivity contribution in [1.82, 2.24) is 9.97 Å². The van der Waals surface area contributed by atoms with Crippen molar-refractivity contribution in [2.24, 2.45) is 0 Å². The van der Waals surface area contributed by atoms with E-state index >= 15 is 0 Å². The molecule has 0 amide bonds. The van der Waals surface area contributed by atoms with Crippen LogP contribution in [0.5, 0.6) is 5.75 Å². The summed E-state index contributed by atoms with van der Waals surface area (Å²) in [7, 11) is 0. The first-order valence-electron chi connectivity index (χ1n) is 15.0. The highest BCUT2D eigenvalue weighted by Crippen LogP contribution is 2.52. The van der Waals surface area contributed by atoms with Gasteiger partial charge in [-0.2, -0.15) is 0 Å². The van der Waals surface area contributed by atoms with Gasteiger partial charge in [0.25, 0.3) is 0 Å². The number of aromatic nitrogens is 2. The lowest BCUT2D eigenvalue weighted by molar-refractivity contribution is 0.479. The Morgan fingerprint density at radius 1 is 0.750 bits per heavy atom. The largest absolute Gasteiger partial charge is 0.504 e. The molecule has 3 heterocycles. The normalized spacial score (nSPS) is 13.2. The summed E-state index contributed by atoms with van der Waals surface area (Å²) < 4.78 is 0. The number of fused-ring (bicyclic) bond motifs is 3. The summed E-state index contributed by atoms with van der Waals surface area (Å²) in [6, 6.07) is 37.1. The summed E-state index contributed by atoms with van der Waals surface area (Å²) in [5.74, 6) is 7.64. The number of benzene rings is 4. The van der Waals surface area contributed by atoms with Crippen LogP contribution in [0.15, 0.2) is 115 Å². The van der Waals surface area contributed by atoms with Crippen LogP contribution < -0.4 is 4.90 Å². The van der Waals surface area contributed by atoms with Gasteiger partial charge in [0.1, 0.15) is 11.3 Å². The summed E-state index contributed by atoms with van der Waals surface area (Å²) in [6.45, 7) is 8.98. The Bertz CT molecular complexity index is 2100. The number of rotatable bonds is 3. The van der Waals surface area contributed by atoms with Crippen LogP contribution in [0, 0.1) is 11.8 Å². The van der Waals surface area contributed by atoms with Crippen LogP contribution in [0.2, 0.25) is 0 Å². The molecule has 44 heavy (non-hydrogen) atoms. The van der Waals surface area contributed by atoms with Crippen LogP contribution in [-0.2, 0) is 5.41 Å². The minimum absolute atomic E-state index is 0.0946. The van der Waals surface area contributed by atoms with Gasteiger partial charge in [-0.15, -0.1) is 0 Å². The zero-order valence-electron chi connectivity index (χ0n) is 25.3. The second-order valence-corrected chi connectivity index (χ2v) is 12.2. The monoisotopic (exact) mass is 571 g/mol. The third-order valence-corrected chi connectivity index (χ3v) is 8.64. The number of phenols is 1. The van der Waals surface area contributed by atoms with Crippen LogP contribution in [0.3, 0.4) is 0 Å². The number of phenolic OH excluding ortho intramolecular Hbond substituents is 1. The summed E-state index contributed by atoms with van der Waals surface area (Å²) in [4.78, 5) is 12.1. The van der Waals surface area contributed by atoms with Gasteiger partial charge in [-0.1, -0.05) is 100 Å². The van der Waals surface area contributed by atoms with Crippen molar-refractivity contribution in [3.05, 3.63) is 143 Å². The second kappa shape index (κ2) is 10.7.